The Bertz CT molecular complexity index is 1110. The second-order valence-electron chi connectivity index (χ2n) is 6.69. The lowest BCUT2D eigenvalue weighted by atomic mass is 10.0. The van der Waals surface area contributed by atoms with E-state index in [9.17, 15) is 0 Å². The van der Waals surface area contributed by atoms with Crippen molar-refractivity contribution < 1.29 is 4.74 Å². The minimum absolute atomic E-state index is 0.383. The van der Waals surface area contributed by atoms with E-state index in [1.807, 2.05) is 26.0 Å². The van der Waals surface area contributed by atoms with E-state index in [1.54, 1.807) is 30.5 Å². The van der Waals surface area contributed by atoms with Gasteiger partial charge in [0, 0.05) is 40.0 Å². The molecule has 148 valence electrons. The molecule has 0 aliphatic rings. The zero-order chi connectivity index (χ0) is 21.1. The fraction of sp³-hybridized carbons (Fsp3) is 0.182. The number of aromatic nitrogens is 1. The van der Waals surface area contributed by atoms with Gasteiger partial charge in [-0.15, -0.1) is 0 Å². The first-order chi connectivity index (χ1) is 13.8. The Kier molecular flexibility index (Phi) is 6.81. The van der Waals surface area contributed by atoms with Gasteiger partial charge in [0.15, 0.2) is 6.23 Å². The molecule has 2 N–H and O–H groups in total. The van der Waals surface area contributed by atoms with Crippen LogP contribution in [0, 0.1) is 25.2 Å². The third-order valence-corrected chi connectivity index (χ3v) is 5.72. The summed E-state index contributed by atoms with van der Waals surface area (Å²) in [4.78, 5) is 4.49. The number of hydrogen-bond acceptors (Lipinski definition) is 4. The molecule has 7 heteroatoms. The molecule has 0 aliphatic carbocycles. The first kappa shape index (κ1) is 21.6. The van der Waals surface area contributed by atoms with E-state index >= 15 is 0 Å². The summed E-state index contributed by atoms with van der Waals surface area (Å²) in [5.41, 5.74) is 11.3. The summed E-state index contributed by atoms with van der Waals surface area (Å²) in [5.74, 6) is 0.540. The molecule has 3 rings (SSSR count). The summed E-state index contributed by atoms with van der Waals surface area (Å²) in [7, 11) is 0. The van der Waals surface area contributed by atoms with Crippen LogP contribution in [-0.2, 0) is 6.42 Å². The third kappa shape index (κ3) is 5.09. The van der Waals surface area contributed by atoms with Crippen LogP contribution in [0.25, 0.3) is 0 Å². The van der Waals surface area contributed by atoms with Crippen LogP contribution < -0.4 is 10.5 Å². The largest absolute Gasteiger partial charge is 0.471 e. The molecule has 1 heterocycles. The zero-order valence-corrected chi connectivity index (χ0v) is 18.9. The Hall–Kier alpha value is -2.10. The summed E-state index contributed by atoms with van der Waals surface area (Å²) < 4.78 is 6.97. The fourth-order valence-electron chi connectivity index (χ4n) is 2.95. The van der Waals surface area contributed by atoms with Gasteiger partial charge in [-0.05, 0) is 65.2 Å². The molecule has 0 bridgehead atoms. The number of aryl methyl sites for hydroxylation is 2. The van der Waals surface area contributed by atoms with E-state index < -0.39 is 6.23 Å². The van der Waals surface area contributed by atoms with Crippen LogP contribution in [0.5, 0.6) is 5.75 Å². The maximum Gasteiger partial charge on any atom is 0.174 e. The van der Waals surface area contributed by atoms with Gasteiger partial charge in [-0.2, -0.15) is 5.26 Å². The molecular formula is C22H18BrCl2N3O. The van der Waals surface area contributed by atoms with Crippen LogP contribution in [0.3, 0.4) is 0 Å². The van der Waals surface area contributed by atoms with Crippen molar-refractivity contribution in [3.63, 3.8) is 0 Å². The van der Waals surface area contributed by atoms with Crippen molar-refractivity contribution in [2.75, 3.05) is 0 Å². The lowest BCUT2D eigenvalue weighted by molar-refractivity contribution is 0.212. The quantitative estimate of drug-likeness (QED) is 0.428. The monoisotopic (exact) mass is 489 g/mol. The van der Waals surface area contributed by atoms with Gasteiger partial charge >= 0.3 is 0 Å². The summed E-state index contributed by atoms with van der Waals surface area (Å²) in [6, 6.07) is 13.0. The molecule has 0 aliphatic heterocycles. The van der Waals surface area contributed by atoms with E-state index in [1.165, 1.54) is 0 Å². The zero-order valence-electron chi connectivity index (χ0n) is 15.8. The number of nitrogens with zero attached hydrogens (tertiary/aromatic N) is 2. The molecule has 1 atom stereocenters. The van der Waals surface area contributed by atoms with Crippen molar-refractivity contribution in [1.82, 2.24) is 4.98 Å². The molecule has 0 spiro atoms. The SMILES string of the molecule is Cc1cc(C(N)Oc2cc(Cl)c(Cl)cc2Cc2ncc(Br)cc2C)ccc1C#N. The van der Waals surface area contributed by atoms with Crippen LogP contribution in [-0.4, -0.2) is 4.98 Å². The Balaban J connectivity index is 1.93. The standard InChI is InChI=1S/C22H18BrCl2N3O/c1-12-5-14(3-4-15(12)10-26)22(27)29-21-9-19(25)18(24)7-16(21)8-20-13(2)6-17(23)11-28-20/h3-7,9,11,22H,8,27H2,1-2H3. The predicted octanol–water partition coefficient (Wildman–Crippen LogP) is 6.27. The van der Waals surface area contributed by atoms with Gasteiger partial charge in [0.05, 0.1) is 21.7 Å². The van der Waals surface area contributed by atoms with Crippen LogP contribution in [0.4, 0.5) is 0 Å². The summed E-state index contributed by atoms with van der Waals surface area (Å²) in [6.07, 6.45) is 1.55. The van der Waals surface area contributed by atoms with E-state index in [0.29, 0.717) is 27.8 Å². The maximum absolute atomic E-state index is 9.11. The number of halogens is 3. The normalized spacial score (nSPS) is 11.8. The molecule has 1 aromatic heterocycles. The second-order valence-corrected chi connectivity index (χ2v) is 8.42. The average molecular weight is 491 g/mol. The van der Waals surface area contributed by atoms with Crippen molar-refractivity contribution in [3.05, 3.63) is 90.6 Å². The average Bonchev–Trinajstić information content (AvgIpc) is 2.67. The lowest BCUT2D eigenvalue weighted by Crippen LogP contribution is -2.18. The highest BCUT2D eigenvalue weighted by Gasteiger charge is 2.16. The van der Waals surface area contributed by atoms with Crippen LogP contribution >= 0.6 is 39.1 Å². The highest BCUT2D eigenvalue weighted by atomic mass is 79.9. The van der Waals surface area contributed by atoms with Gasteiger partial charge in [-0.3, -0.25) is 10.7 Å². The molecule has 0 fully saturated rings. The van der Waals surface area contributed by atoms with Crippen LogP contribution in [0.15, 0.2) is 47.1 Å². The van der Waals surface area contributed by atoms with Crippen molar-refractivity contribution in [2.24, 2.45) is 5.73 Å². The second kappa shape index (κ2) is 9.15. The third-order valence-electron chi connectivity index (χ3n) is 4.57. The Morgan fingerprint density at radius 2 is 1.86 bits per heavy atom. The maximum atomic E-state index is 9.11. The number of benzene rings is 2. The molecule has 3 aromatic rings. The molecule has 1 unspecified atom stereocenters. The van der Waals surface area contributed by atoms with Gasteiger partial charge in [0.1, 0.15) is 5.75 Å². The van der Waals surface area contributed by atoms with Gasteiger partial charge in [0.25, 0.3) is 0 Å². The molecule has 29 heavy (non-hydrogen) atoms. The first-order valence-electron chi connectivity index (χ1n) is 8.80. The van der Waals surface area contributed by atoms with Crippen molar-refractivity contribution >= 4 is 39.1 Å². The van der Waals surface area contributed by atoms with Crippen LogP contribution in [0.1, 0.15) is 39.7 Å². The van der Waals surface area contributed by atoms with E-state index in [-0.39, 0.29) is 0 Å². The van der Waals surface area contributed by atoms with E-state index in [0.717, 1.165) is 32.4 Å². The van der Waals surface area contributed by atoms with Gasteiger partial charge in [-0.1, -0.05) is 29.3 Å². The molecule has 4 nitrogen and oxygen atoms in total. The molecule has 0 saturated carbocycles. The summed E-state index contributed by atoms with van der Waals surface area (Å²) in [6.45, 7) is 3.86. The highest BCUT2D eigenvalue weighted by molar-refractivity contribution is 9.10. The molecular weight excluding hydrogens is 473 g/mol. The Labute approximate surface area is 188 Å². The topological polar surface area (TPSA) is 71.9 Å². The Morgan fingerprint density at radius 3 is 2.52 bits per heavy atom. The van der Waals surface area contributed by atoms with Gasteiger partial charge in [-0.25, -0.2) is 0 Å². The summed E-state index contributed by atoms with van der Waals surface area (Å²) >= 11 is 15.9. The van der Waals surface area contributed by atoms with Gasteiger partial charge in [0.2, 0.25) is 0 Å². The number of nitriles is 1. The minimum atomic E-state index is -0.726. The Morgan fingerprint density at radius 1 is 1.14 bits per heavy atom. The number of nitrogens with two attached hydrogens (primary N) is 1. The van der Waals surface area contributed by atoms with E-state index in [2.05, 4.69) is 27.0 Å². The number of hydrogen-bond donors (Lipinski definition) is 1. The smallest absolute Gasteiger partial charge is 0.174 e. The van der Waals surface area contributed by atoms with Crippen molar-refractivity contribution in [1.29, 1.82) is 5.26 Å². The predicted molar refractivity (Wildman–Crippen MR) is 119 cm³/mol. The molecule has 0 radical (unpaired) electrons. The van der Waals surface area contributed by atoms with E-state index in [4.69, 9.17) is 38.9 Å². The number of ether oxygens (including phenoxy) is 1. The van der Waals surface area contributed by atoms with Crippen LogP contribution in [0.2, 0.25) is 10.0 Å². The van der Waals surface area contributed by atoms with Gasteiger partial charge < -0.3 is 4.74 Å². The number of rotatable bonds is 5. The molecule has 0 saturated heterocycles. The highest BCUT2D eigenvalue weighted by Crippen LogP contribution is 2.34. The number of pyridine rings is 1. The lowest BCUT2D eigenvalue weighted by Gasteiger charge is -2.19. The fourth-order valence-corrected chi connectivity index (χ4v) is 3.73. The van der Waals surface area contributed by atoms with Crippen molar-refractivity contribution in [2.45, 2.75) is 26.5 Å². The molecule has 0 amide bonds. The molecule has 2 aromatic carbocycles. The summed E-state index contributed by atoms with van der Waals surface area (Å²) in [5, 5.41) is 9.93. The first-order valence-corrected chi connectivity index (χ1v) is 10.3. The minimum Gasteiger partial charge on any atom is -0.471 e. The van der Waals surface area contributed by atoms with Crippen molar-refractivity contribution in [3.8, 4) is 11.8 Å².